The predicted molar refractivity (Wildman–Crippen MR) is 98.0 cm³/mol. The number of carboxylic acids is 2. The molecule has 0 atom stereocenters. The van der Waals surface area contributed by atoms with Crippen molar-refractivity contribution in [2.45, 2.75) is 6.42 Å². The van der Waals surface area contributed by atoms with Gasteiger partial charge in [-0.1, -0.05) is 18.2 Å². The third-order valence-corrected chi connectivity index (χ3v) is 2.68. The van der Waals surface area contributed by atoms with E-state index < -0.39 is 28.8 Å². The first kappa shape index (κ1) is 23.7. The molecule has 0 aliphatic heterocycles. The fourth-order valence-corrected chi connectivity index (χ4v) is 1.60. The number of aliphatic carboxylic acids is 2. The smallest absolute Gasteiger partial charge is 0.331 e. The standard InChI is InChI=1S/C12H11NO4.C5H6N2O4/c1-2-4-10(12(14)15)7-9-5-3-6-11(8-9)13(16)17;6-5(11)7-3(8)1-2-4(9)10/h2-3,5-8H,1,4H2,(H,14,15);1-2H,(H,9,10)(H3,6,7,8,11)/b;2-1-. The first-order valence-electron chi connectivity index (χ1n) is 7.37. The van der Waals surface area contributed by atoms with Gasteiger partial charge in [-0.2, -0.15) is 0 Å². The van der Waals surface area contributed by atoms with Gasteiger partial charge in [-0.3, -0.25) is 20.2 Å². The number of primary amides is 1. The van der Waals surface area contributed by atoms with Crippen molar-refractivity contribution >= 4 is 35.6 Å². The first-order chi connectivity index (χ1) is 13.1. The number of amides is 3. The molecule has 3 amide bonds. The molecule has 0 unspecified atom stereocenters. The molecule has 1 aromatic rings. The van der Waals surface area contributed by atoms with Crippen LogP contribution in [0, 0.1) is 10.1 Å². The van der Waals surface area contributed by atoms with Crippen LogP contribution in [0.2, 0.25) is 0 Å². The molecule has 5 N–H and O–H groups in total. The van der Waals surface area contributed by atoms with E-state index in [1.807, 2.05) is 0 Å². The molecule has 0 aliphatic carbocycles. The number of nitro groups is 1. The van der Waals surface area contributed by atoms with Crippen LogP contribution in [-0.4, -0.2) is 39.0 Å². The Morgan fingerprint density at radius 1 is 1.21 bits per heavy atom. The highest BCUT2D eigenvalue weighted by Crippen LogP contribution is 2.17. The molecule has 1 aromatic carbocycles. The highest BCUT2D eigenvalue weighted by Gasteiger charge is 2.08. The Bertz CT molecular complexity index is 843. The maximum Gasteiger partial charge on any atom is 0.331 e. The number of carbonyl (C=O) groups excluding carboxylic acids is 2. The normalized spacial score (nSPS) is 10.4. The number of benzene rings is 1. The zero-order valence-electron chi connectivity index (χ0n) is 14.4. The summed E-state index contributed by atoms with van der Waals surface area (Å²) in [5.41, 5.74) is 5.10. The van der Waals surface area contributed by atoms with Crippen molar-refractivity contribution in [1.82, 2.24) is 5.32 Å². The number of rotatable bonds is 7. The molecule has 11 nitrogen and oxygen atoms in total. The largest absolute Gasteiger partial charge is 0.478 e. The fourth-order valence-electron chi connectivity index (χ4n) is 1.60. The molecule has 0 spiro atoms. The van der Waals surface area contributed by atoms with E-state index in [0.29, 0.717) is 17.7 Å². The minimum Gasteiger partial charge on any atom is -0.478 e. The molecule has 28 heavy (non-hydrogen) atoms. The van der Waals surface area contributed by atoms with E-state index in [0.717, 1.165) is 0 Å². The van der Waals surface area contributed by atoms with E-state index in [2.05, 4.69) is 12.3 Å². The van der Waals surface area contributed by atoms with E-state index in [4.69, 9.17) is 10.2 Å². The summed E-state index contributed by atoms with van der Waals surface area (Å²) in [6.07, 6.45) is 4.36. The van der Waals surface area contributed by atoms with Gasteiger partial charge in [0.05, 0.1) is 4.92 Å². The Hall–Kier alpha value is -4.28. The van der Waals surface area contributed by atoms with Crippen molar-refractivity contribution in [3.05, 3.63) is 70.3 Å². The quantitative estimate of drug-likeness (QED) is 0.232. The van der Waals surface area contributed by atoms with Gasteiger partial charge in [0.1, 0.15) is 0 Å². The topological polar surface area (TPSA) is 190 Å². The molecular weight excluding hydrogens is 374 g/mol. The van der Waals surface area contributed by atoms with Gasteiger partial charge in [-0.05, 0) is 18.1 Å². The van der Waals surface area contributed by atoms with Gasteiger partial charge in [-0.25, -0.2) is 14.4 Å². The second-order valence-corrected chi connectivity index (χ2v) is 4.84. The molecule has 148 valence electrons. The number of nitrogens with one attached hydrogen (secondary N) is 1. The number of nitro benzene ring substituents is 1. The number of hydrogen-bond donors (Lipinski definition) is 4. The van der Waals surface area contributed by atoms with E-state index in [1.54, 1.807) is 11.4 Å². The maximum absolute atomic E-state index is 10.9. The number of carbonyl (C=O) groups is 4. The molecule has 0 bridgehead atoms. The van der Waals surface area contributed by atoms with E-state index in [9.17, 15) is 29.3 Å². The SMILES string of the molecule is C=CCC(=Cc1cccc([N+](=O)[O-])c1)C(=O)O.NC(=O)NC(=O)/C=C\C(=O)O. The Morgan fingerprint density at radius 3 is 2.32 bits per heavy atom. The summed E-state index contributed by atoms with van der Waals surface area (Å²) in [4.78, 5) is 51.1. The molecular formula is C17H17N3O8. The van der Waals surface area contributed by atoms with Gasteiger partial charge < -0.3 is 15.9 Å². The van der Waals surface area contributed by atoms with Crippen LogP contribution >= 0.6 is 0 Å². The summed E-state index contributed by atoms with van der Waals surface area (Å²) in [5.74, 6) is -3.19. The molecule has 0 radical (unpaired) electrons. The minimum atomic E-state index is -1.27. The third kappa shape index (κ3) is 10.6. The third-order valence-electron chi connectivity index (χ3n) is 2.68. The average molecular weight is 391 g/mol. The summed E-state index contributed by atoms with van der Waals surface area (Å²) in [7, 11) is 0. The number of carboxylic acid groups (broad SMARTS) is 2. The van der Waals surface area contributed by atoms with Crippen LogP contribution in [0.1, 0.15) is 12.0 Å². The zero-order chi connectivity index (χ0) is 21.7. The Morgan fingerprint density at radius 2 is 1.86 bits per heavy atom. The van der Waals surface area contributed by atoms with Crippen molar-refractivity contribution in [2.75, 3.05) is 0 Å². The van der Waals surface area contributed by atoms with Crippen LogP contribution < -0.4 is 11.1 Å². The predicted octanol–water partition coefficient (Wildman–Crippen LogP) is 1.46. The van der Waals surface area contributed by atoms with Crippen molar-refractivity contribution in [1.29, 1.82) is 0 Å². The summed E-state index contributed by atoms with van der Waals surface area (Å²) in [6.45, 7) is 3.46. The molecule has 0 saturated carbocycles. The summed E-state index contributed by atoms with van der Waals surface area (Å²) in [5, 5.41) is 29.1. The van der Waals surface area contributed by atoms with Gasteiger partial charge in [0, 0.05) is 29.9 Å². The first-order valence-corrected chi connectivity index (χ1v) is 7.37. The van der Waals surface area contributed by atoms with Crippen LogP contribution in [0.25, 0.3) is 6.08 Å². The number of non-ortho nitro benzene ring substituents is 1. The number of imide groups is 1. The number of hydrogen-bond acceptors (Lipinski definition) is 6. The van der Waals surface area contributed by atoms with Crippen LogP contribution in [-0.2, 0) is 14.4 Å². The lowest BCUT2D eigenvalue weighted by atomic mass is 10.1. The number of allylic oxidation sites excluding steroid dienone is 1. The highest BCUT2D eigenvalue weighted by molar-refractivity contribution is 6.02. The summed E-state index contributed by atoms with van der Waals surface area (Å²) < 4.78 is 0. The number of nitrogens with two attached hydrogens (primary N) is 1. The lowest BCUT2D eigenvalue weighted by molar-refractivity contribution is -0.384. The lowest BCUT2D eigenvalue weighted by Crippen LogP contribution is -2.33. The zero-order valence-corrected chi connectivity index (χ0v) is 14.4. The molecule has 11 heteroatoms. The second kappa shape index (κ2) is 12.1. The lowest BCUT2D eigenvalue weighted by Gasteiger charge is -1.99. The Kier molecular flexibility index (Phi) is 10.3. The molecule has 1 rings (SSSR count). The molecule has 0 aromatic heterocycles. The van der Waals surface area contributed by atoms with Gasteiger partial charge in [0.2, 0.25) is 0 Å². The molecule has 0 saturated heterocycles. The summed E-state index contributed by atoms with van der Waals surface area (Å²) >= 11 is 0. The number of urea groups is 1. The van der Waals surface area contributed by atoms with Crippen molar-refractivity contribution in [2.24, 2.45) is 5.73 Å². The maximum atomic E-state index is 10.9. The van der Waals surface area contributed by atoms with Gasteiger partial charge in [-0.15, -0.1) is 6.58 Å². The summed E-state index contributed by atoms with van der Waals surface area (Å²) in [6, 6.07) is 4.78. The van der Waals surface area contributed by atoms with Gasteiger partial charge >= 0.3 is 18.0 Å². The van der Waals surface area contributed by atoms with Crippen LogP contribution in [0.15, 0.2) is 54.6 Å². The Labute approximate surface area is 158 Å². The molecule has 0 heterocycles. The van der Waals surface area contributed by atoms with Gasteiger partial charge in [0.25, 0.3) is 11.6 Å². The fraction of sp³-hybridized carbons (Fsp3) is 0.0588. The van der Waals surface area contributed by atoms with Crippen LogP contribution in [0.5, 0.6) is 0 Å². The minimum absolute atomic E-state index is 0.0675. The van der Waals surface area contributed by atoms with E-state index >= 15 is 0 Å². The monoisotopic (exact) mass is 391 g/mol. The van der Waals surface area contributed by atoms with Gasteiger partial charge in [0.15, 0.2) is 0 Å². The van der Waals surface area contributed by atoms with Crippen LogP contribution in [0.4, 0.5) is 10.5 Å². The van der Waals surface area contributed by atoms with E-state index in [1.165, 1.54) is 30.4 Å². The molecule has 0 aliphatic rings. The average Bonchev–Trinajstić information content (AvgIpc) is 2.59. The Balaban J connectivity index is 0.000000576. The van der Waals surface area contributed by atoms with E-state index in [-0.39, 0.29) is 17.7 Å². The van der Waals surface area contributed by atoms with Crippen molar-refractivity contribution in [3.8, 4) is 0 Å². The molecule has 0 fully saturated rings. The van der Waals surface area contributed by atoms with Crippen molar-refractivity contribution in [3.63, 3.8) is 0 Å². The second-order valence-electron chi connectivity index (χ2n) is 4.84. The van der Waals surface area contributed by atoms with Crippen molar-refractivity contribution < 1.29 is 34.3 Å². The highest BCUT2D eigenvalue weighted by atomic mass is 16.6. The number of nitrogens with zero attached hydrogens (tertiary/aromatic N) is 1. The van der Waals surface area contributed by atoms with Crippen LogP contribution in [0.3, 0.4) is 0 Å².